The number of rotatable bonds is 0. The van der Waals surface area contributed by atoms with Crippen molar-refractivity contribution in [3.05, 3.63) is 0 Å². The van der Waals surface area contributed by atoms with Crippen molar-refractivity contribution in [1.29, 1.82) is 0 Å². The molecule has 0 saturated carbocycles. The van der Waals surface area contributed by atoms with Crippen molar-refractivity contribution < 1.29 is 4.74 Å². The van der Waals surface area contributed by atoms with Crippen molar-refractivity contribution in [2.45, 2.75) is 25.3 Å². The van der Waals surface area contributed by atoms with E-state index >= 15 is 0 Å². The second kappa shape index (κ2) is 3.11. The van der Waals surface area contributed by atoms with Gasteiger partial charge in [-0.25, -0.2) is 0 Å². The molecule has 1 rings (SSSR count). The minimum atomic E-state index is 0.0335. The molecule has 0 aromatic carbocycles. The van der Waals surface area contributed by atoms with Crippen molar-refractivity contribution in [3.8, 4) is 0 Å². The maximum absolute atomic E-state index is 5.88. The van der Waals surface area contributed by atoms with Gasteiger partial charge >= 0.3 is 0 Å². The number of ether oxygens (including phenoxy) is 1. The molecule has 1 heterocycles. The Morgan fingerprint density at radius 3 is 2.60 bits per heavy atom. The highest BCUT2D eigenvalue weighted by Gasteiger charge is 2.30. The zero-order chi connectivity index (χ0) is 7.72. The van der Waals surface area contributed by atoms with E-state index in [1.54, 1.807) is 0 Å². The van der Waals surface area contributed by atoms with Crippen molar-refractivity contribution in [2.24, 2.45) is 17.6 Å². The molecule has 0 aromatic heterocycles. The van der Waals surface area contributed by atoms with Crippen LogP contribution in [0.3, 0.4) is 0 Å². The van der Waals surface area contributed by atoms with Gasteiger partial charge in [-0.2, -0.15) is 0 Å². The Bertz CT molecular complexity index is 106. The van der Waals surface area contributed by atoms with Crippen LogP contribution in [-0.2, 0) is 4.74 Å². The highest BCUT2D eigenvalue weighted by atomic mass is 32.1. The largest absolute Gasteiger partial charge is 0.367 e. The van der Waals surface area contributed by atoms with Crippen LogP contribution in [0.5, 0.6) is 0 Å². The van der Waals surface area contributed by atoms with Gasteiger partial charge in [0, 0.05) is 12.0 Å². The second-order valence-corrected chi connectivity index (χ2v) is 3.65. The number of hydrogen-bond donors (Lipinski definition) is 2. The predicted octanol–water partition coefficient (Wildman–Crippen LogP) is 0.872. The molecule has 1 saturated heterocycles. The number of nitrogens with two attached hydrogens (primary N) is 1. The quantitative estimate of drug-likeness (QED) is 0.517. The van der Waals surface area contributed by atoms with Gasteiger partial charge in [-0.1, -0.05) is 13.8 Å². The van der Waals surface area contributed by atoms with Crippen LogP contribution in [0.15, 0.2) is 0 Å². The Morgan fingerprint density at radius 1 is 1.50 bits per heavy atom. The molecule has 3 heteroatoms. The highest BCUT2D eigenvalue weighted by Crippen LogP contribution is 2.25. The Morgan fingerprint density at radius 2 is 2.10 bits per heavy atom. The van der Waals surface area contributed by atoms with E-state index in [0.717, 1.165) is 6.61 Å². The molecule has 4 atom stereocenters. The van der Waals surface area contributed by atoms with E-state index in [9.17, 15) is 0 Å². The molecule has 10 heavy (non-hydrogen) atoms. The summed E-state index contributed by atoms with van der Waals surface area (Å²) in [6.07, 6.45) is 0. The molecule has 0 aliphatic carbocycles. The minimum Gasteiger partial charge on any atom is -0.367 e. The first-order valence-corrected chi connectivity index (χ1v) is 4.20. The molecule has 0 amide bonds. The normalized spacial score (nSPS) is 49.2. The first kappa shape index (κ1) is 8.37. The summed E-state index contributed by atoms with van der Waals surface area (Å²) in [5.74, 6) is 0.838. The molecule has 1 aliphatic heterocycles. The van der Waals surface area contributed by atoms with Gasteiger partial charge in [-0.3, -0.25) is 0 Å². The third-order valence-corrected chi connectivity index (χ3v) is 2.86. The van der Waals surface area contributed by atoms with Gasteiger partial charge in [-0.05, 0) is 5.92 Å². The molecule has 0 radical (unpaired) electrons. The Kier molecular flexibility index (Phi) is 2.61. The molecule has 60 valence electrons. The third-order valence-electron chi connectivity index (χ3n) is 2.24. The average Bonchev–Trinajstić information content (AvgIpc) is 1.93. The van der Waals surface area contributed by atoms with Crippen LogP contribution in [-0.4, -0.2) is 18.1 Å². The standard InChI is InChI=1S/C7H15NOS/c1-4-3-9-7(10)5(2)6(4)8/h4-7,10H,3,8H2,1-2H3. The summed E-state index contributed by atoms with van der Waals surface area (Å²) in [5, 5.41) is 0. The SMILES string of the molecule is CC1COC(S)C(C)C1N. The van der Waals surface area contributed by atoms with Gasteiger partial charge in [0.05, 0.1) is 6.61 Å². The van der Waals surface area contributed by atoms with Gasteiger partial charge in [0.25, 0.3) is 0 Å². The van der Waals surface area contributed by atoms with Crippen molar-refractivity contribution in [1.82, 2.24) is 0 Å². The number of thiol groups is 1. The Hall–Kier alpha value is 0.270. The lowest BCUT2D eigenvalue weighted by molar-refractivity contribution is -0.00728. The van der Waals surface area contributed by atoms with Crippen LogP contribution in [0.1, 0.15) is 13.8 Å². The van der Waals surface area contributed by atoms with E-state index in [4.69, 9.17) is 10.5 Å². The van der Waals surface area contributed by atoms with Gasteiger partial charge in [0.1, 0.15) is 5.44 Å². The van der Waals surface area contributed by atoms with E-state index in [2.05, 4.69) is 26.5 Å². The fourth-order valence-corrected chi connectivity index (χ4v) is 1.51. The molecular weight excluding hydrogens is 146 g/mol. The molecule has 1 aliphatic rings. The fraction of sp³-hybridized carbons (Fsp3) is 1.00. The molecule has 0 bridgehead atoms. The lowest BCUT2D eigenvalue weighted by Crippen LogP contribution is -2.46. The van der Waals surface area contributed by atoms with Gasteiger partial charge in [-0.15, -0.1) is 12.6 Å². The molecule has 0 spiro atoms. The lowest BCUT2D eigenvalue weighted by atomic mass is 9.90. The molecule has 4 unspecified atom stereocenters. The Labute approximate surface area is 67.5 Å². The molecular formula is C7H15NOS. The van der Waals surface area contributed by atoms with Crippen LogP contribution >= 0.6 is 12.6 Å². The van der Waals surface area contributed by atoms with Crippen LogP contribution in [0.4, 0.5) is 0 Å². The zero-order valence-electron chi connectivity index (χ0n) is 6.45. The topological polar surface area (TPSA) is 35.2 Å². The zero-order valence-corrected chi connectivity index (χ0v) is 7.34. The first-order valence-electron chi connectivity index (χ1n) is 3.68. The van der Waals surface area contributed by atoms with Crippen LogP contribution in [0, 0.1) is 11.8 Å². The van der Waals surface area contributed by atoms with Gasteiger partial charge < -0.3 is 10.5 Å². The second-order valence-electron chi connectivity index (χ2n) is 3.14. The summed E-state index contributed by atoms with van der Waals surface area (Å²) in [6, 6.07) is 0.247. The van der Waals surface area contributed by atoms with Gasteiger partial charge in [0.15, 0.2) is 0 Å². The maximum Gasteiger partial charge on any atom is 0.104 e. The summed E-state index contributed by atoms with van der Waals surface area (Å²) in [4.78, 5) is 0. The first-order chi connectivity index (χ1) is 4.63. The summed E-state index contributed by atoms with van der Waals surface area (Å²) in [7, 11) is 0. The average molecular weight is 161 g/mol. The van der Waals surface area contributed by atoms with E-state index in [1.807, 2.05) is 0 Å². The Balaban J connectivity index is 2.52. The third kappa shape index (κ3) is 1.47. The van der Waals surface area contributed by atoms with Crippen LogP contribution < -0.4 is 5.73 Å². The molecule has 2 N–H and O–H groups in total. The van der Waals surface area contributed by atoms with Crippen LogP contribution in [0.2, 0.25) is 0 Å². The fourth-order valence-electron chi connectivity index (χ4n) is 1.22. The lowest BCUT2D eigenvalue weighted by Gasteiger charge is -2.35. The predicted molar refractivity (Wildman–Crippen MR) is 45.0 cm³/mol. The molecule has 2 nitrogen and oxygen atoms in total. The van der Waals surface area contributed by atoms with E-state index in [0.29, 0.717) is 11.8 Å². The summed E-state index contributed by atoms with van der Waals surface area (Å²) in [6.45, 7) is 4.94. The smallest absolute Gasteiger partial charge is 0.104 e. The monoisotopic (exact) mass is 161 g/mol. The summed E-state index contributed by atoms with van der Waals surface area (Å²) < 4.78 is 5.36. The van der Waals surface area contributed by atoms with Gasteiger partial charge in [0.2, 0.25) is 0 Å². The highest BCUT2D eigenvalue weighted by molar-refractivity contribution is 7.80. The molecule has 1 fully saturated rings. The summed E-state index contributed by atoms with van der Waals surface area (Å²) >= 11 is 4.25. The van der Waals surface area contributed by atoms with Crippen molar-refractivity contribution in [3.63, 3.8) is 0 Å². The van der Waals surface area contributed by atoms with E-state index in [-0.39, 0.29) is 11.5 Å². The summed E-state index contributed by atoms with van der Waals surface area (Å²) in [5.41, 5.74) is 5.92. The van der Waals surface area contributed by atoms with E-state index in [1.165, 1.54) is 0 Å². The minimum absolute atomic E-state index is 0.0335. The maximum atomic E-state index is 5.88. The molecule has 0 aromatic rings. The van der Waals surface area contributed by atoms with Crippen LogP contribution in [0.25, 0.3) is 0 Å². The van der Waals surface area contributed by atoms with E-state index < -0.39 is 0 Å². The van der Waals surface area contributed by atoms with Crippen molar-refractivity contribution >= 4 is 12.6 Å². The number of hydrogen-bond acceptors (Lipinski definition) is 3. The van der Waals surface area contributed by atoms with Crippen molar-refractivity contribution in [2.75, 3.05) is 6.61 Å².